The van der Waals surface area contributed by atoms with Crippen LogP contribution in [0.4, 0.5) is 0 Å². The summed E-state index contributed by atoms with van der Waals surface area (Å²) in [5, 5.41) is 2.71. The van der Waals surface area contributed by atoms with Crippen molar-refractivity contribution in [2.45, 2.75) is 25.9 Å². The van der Waals surface area contributed by atoms with Crippen molar-refractivity contribution in [3.8, 4) is 5.75 Å². The predicted octanol–water partition coefficient (Wildman–Crippen LogP) is 2.01. The van der Waals surface area contributed by atoms with E-state index >= 15 is 0 Å². The van der Waals surface area contributed by atoms with Gasteiger partial charge in [0.15, 0.2) is 0 Å². The zero-order chi connectivity index (χ0) is 17.9. The van der Waals surface area contributed by atoms with Crippen LogP contribution in [-0.4, -0.2) is 58.1 Å². The molecular weight excluding hydrogens is 324 g/mol. The summed E-state index contributed by atoms with van der Waals surface area (Å²) in [6.45, 7) is 4.50. The first-order valence-electron chi connectivity index (χ1n) is 8.55. The van der Waals surface area contributed by atoms with Gasteiger partial charge in [0.05, 0.1) is 26.4 Å². The molecule has 1 fully saturated rings. The number of methoxy groups -OCH3 is 1. The maximum Gasteiger partial charge on any atom is 0.291 e. The molecule has 25 heavy (non-hydrogen) atoms. The molecule has 7 nitrogen and oxygen atoms in total. The second-order valence-electron chi connectivity index (χ2n) is 5.51. The maximum atomic E-state index is 12.4. The van der Waals surface area contributed by atoms with Gasteiger partial charge in [-0.25, -0.2) is 4.99 Å². The van der Waals surface area contributed by atoms with Crippen LogP contribution in [0.2, 0.25) is 0 Å². The molecule has 0 aromatic heterocycles. The van der Waals surface area contributed by atoms with Gasteiger partial charge in [-0.2, -0.15) is 0 Å². The Bertz CT molecular complexity index is 570. The minimum absolute atomic E-state index is 0.0826. The van der Waals surface area contributed by atoms with Crippen molar-refractivity contribution in [2.75, 3.05) is 40.1 Å². The summed E-state index contributed by atoms with van der Waals surface area (Å²) in [5.41, 5.74) is 0.470. The highest BCUT2D eigenvalue weighted by Crippen LogP contribution is 2.13. The molecule has 1 heterocycles. The molecule has 1 aromatic carbocycles. The third kappa shape index (κ3) is 6.72. The smallest absolute Gasteiger partial charge is 0.291 e. The summed E-state index contributed by atoms with van der Waals surface area (Å²) >= 11 is 0. The van der Waals surface area contributed by atoms with Crippen LogP contribution in [0.3, 0.4) is 0 Å². The third-order valence-corrected chi connectivity index (χ3v) is 3.69. The Hall–Kier alpha value is -2.12. The van der Waals surface area contributed by atoms with Crippen molar-refractivity contribution in [1.29, 1.82) is 0 Å². The van der Waals surface area contributed by atoms with Gasteiger partial charge in [0.25, 0.3) is 11.9 Å². The summed E-state index contributed by atoms with van der Waals surface area (Å²) < 4.78 is 21.5. The van der Waals surface area contributed by atoms with Crippen LogP contribution in [0.15, 0.2) is 29.3 Å². The zero-order valence-electron chi connectivity index (χ0n) is 14.8. The lowest BCUT2D eigenvalue weighted by atomic mass is 10.2. The first-order chi connectivity index (χ1) is 12.2. The van der Waals surface area contributed by atoms with E-state index in [0.29, 0.717) is 37.7 Å². The normalized spacial score (nSPS) is 17.4. The molecule has 2 rings (SSSR count). The van der Waals surface area contributed by atoms with Crippen molar-refractivity contribution in [1.82, 2.24) is 5.32 Å². The lowest BCUT2D eigenvalue weighted by Crippen LogP contribution is -2.34. The summed E-state index contributed by atoms with van der Waals surface area (Å²) in [4.78, 5) is 16.8. The Balaban J connectivity index is 1.96. The first-order valence-corrected chi connectivity index (χ1v) is 8.55. The van der Waals surface area contributed by atoms with Gasteiger partial charge in [-0.3, -0.25) is 10.1 Å². The topological polar surface area (TPSA) is 78.4 Å². The molecule has 1 saturated heterocycles. The molecule has 7 heteroatoms. The van der Waals surface area contributed by atoms with Gasteiger partial charge in [0.1, 0.15) is 12.4 Å². The van der Waals surface area contributed by atoms with E-state index < -0.39 is 0 Å². The lowest BCUT2D eigenvalue weighted by molar-refractivity contribution is 0.0913. The SMILES string of the molecule is CCOCCOC(=NC[C@@H]1CCCO1)NC(=O)c1cccc(OC)c1. The number of carbonyl (C=O) groups excluding carboxylic acids is 1. The molecule has 0 spiro atoms. The van der Waals surface area contributed by atoms with Gasteiger partial charge in [0.2, 0.25) is 0 Å². The summed E-state index contributed by atoms with van der Waals surface area (Å²) in [7, 11) is 1.56. The lowest BCUT2D eigenvalue weighted by Gasteiger charge is -2.13. The fourth-order valence-corrected chi connectivity index (χ4v) is 2.37. The molecule has 1 amide bonds. The minimum atomic E-state index is -0.304. The fraction of sp³-hybridized carbons (Fsp3) is 0.556. The largest absolute Gasteiger partial charge is 0.497 e. The van der Waals surface area contributed by atoms with Crippen molar-refractivity contribution < 1.29 is 23.7 Å². The van der Waals surface area contributed by atoms with Crippen LogP contribution < -0.4 is 10.1 Å². The van der Waals surface area contributed by atoms with E-state index in [1.54, 1.807) is 31.4 Å². The average molecular weight is 350 g/mol. The predicted molar refractivity (Wildman–Crippen MR) is 94.2 cm³/mol. The Morgan fingerprint density at radius 1 is 1.40 bits per heavy atom. The molecule has 1 aromatic rings. The molecule has 0 radical (unpaired) electrons. The Kier molecular flexibility index (Phi) is 8.21. The highest BCUT2D eigenvalue weighted by molar-refractivity contribution is 6.04. The van der Waals surface area contributed by atoms with E-state index in [1.807, 2.05) is 6.92 Å². The third-order valence-electron chi connectivity index (χ3n) is 3.69. The number of aliphatic imine (C=N–C) groups is 1. The van der Waals surface area contributed by atoms with Crippen molar-refractivity contribution in [3.63, 3.8) is 0 Å². The minimum Gasteiger partial charge on any atom is -0.497 e. The van der Waals surface area contributed by atoms with Crippen molar-refractivity contribution in [2.24, 2.45) is 4.99 Å². The van der Waals surface area contributed by atoms with Crippen LogP contribution in [-0.2, 0) is 14.2 Å². The Morgan fingerprint density at radius 2 is 2.28 bits per heavy atom. The van der Waals surface area contributed by atoms with Gasteiger partial charge >= 0.3 is 0 Å². The second-order valence-corrected chi connectivity index (χ2v) is 5.51. The molecule has 1 aliphatic rings. The molecule has 1 aliphatic heterocycles. The van der Waals surface area contributed by atoms with Crippen LogP contribution >= 0.6 is 0 Å². The van der Waals surface area contributed by atoms with Gasteiger partial charge in [-0.05, 0) is 38.0 Å². The average Bonchev–Trinajstić information content (AvgIpc) is 3.16. The zero-order valence-corrected chi connectivity index (χ0v) is 14.8. The number of rotatable bonds is 8. The van der Waals surface area contributed by atoms with Crippen LogP contribution in [0, 0.1) is 0 Å². The van der Waals surface area contributed by atoms with Gasteiger partial charge in [-0.15, -0.1) is 0 Å². The number of ether oxygens (including phenoxy) is 4. The highest BCUT2D eigenvalue weighted by atomic mass is 16.5. The van der Waals surface area contributed by atoms with Crippen LogP contribution in [0.5, 0.6) is 5.75 Å². The summed E-state index contributed by atoms with van der Waals surface area (Å²) in [6.07, 6.45) is 2.09. The number of hydrogen-bond acceptors (Lipinski definition) is 6. The molecular formula is C18H26N2O5. The van der Waals surface area contributed by atoms with E-state index in [4.69, 9.17) is 18.9 Å². The molecule has 0 unspecified atom stereocenters. The van der Waals surface area contributed by atoms with Crippen LogP contribution in [0.1, 0.15) is 30.1 Å². The van der Waals surface area contributed by atoms with Crippen molar-refractivity contribution >= 4 is 11.9 Å². The van der Waals surface area contributed by atoms with E-state index in [-0.39, 0.29) is 18.0 Å². The Labute approximate surface area is 148 Å². The first kappa shape index (κ1) is 19.2. The number of hydrogen-bond donors (Lipinski definition) is 1. The standard InChI is InChI=1S/C18H26N2O5/c1-3-23-10-11-25-18(19-13-16-8-5-9-24-16)20-17(21)14-6-4-7-15(12-14)22-2/h4,6-7,12,16H,3,5,8-11,13H2,1-2H3,(H,19,20,21)/t16-/m0/s1. The van der Waals surface area contributed by atoms with Crippen molar-refractivity contribution in [3.05, 3.63) is 29.8 Å². The van der Waals surface area contributed by atoms with Gasteiger partial charge < -0.3 is 18.9 Å². The number of carbonyl (C=O) groups is 1. The number of benzene rings is 1. The van der Waals surface area contributed by atoms with E-state index in [0.717, 1.165) is 19.4 Å². The monoisotopic (exact) mass is 350 g/mol. The van der Waals surface area contributed by atoms with Gasteiger partial charge in [0, 0.05) is 18.8 Å². The number of nitrogens with one attached hydrogen (secondary N) is 1. The second kappa shape index (κ2) is 10.7. The van der Waals surface area contributed by atoms with E-state index in [1.165, 1.54) is 0 Å². The van der Waals surface area contributed by atoms with Crippen LogP contribution in [0.25, 0.3) is 0 Å². The number of amides is 1. The molecule has 0 aliphatic carbocycles. The van der Waals surface area contributed by atoms with Gasteiger partial charge in [-0.1, -0.05) is 6.07 Å². The summed E-state index contributed by atoms with van der Waals surface area (Å²) in [5.74, 6) is 0.309. The van der Waals surface area contributed by atoms with E-state index in [2.05, 4.69) is 10.3 Å². The molecule has 1 atom stereocenters. The molecule has 0 bridgehead atoms. The number of nitrogens with zero attached hydrogens (tertiary/aromatic N) is 1. The Morgan fingerprint density at radius 3 is 3.00 bits per heavy atom. The molecule has 138 valence electrons. The maximum absolute atomic E-state index is 12.4. The fourth-order valence-electron chi connectivity index (χ4n) is 2.37. The quantitative estimate of drug-likeness (QED) is 0.441. The van der Waals surface area contributed by atoms with E-state index in [9.17, 15) is 4.79 Å². The molecule has 0 saturated carbocycles. The number of amidine groups is 1. The highest BCUT2D eigenvalue weighted by Gasteiger charge is 2.16. The molecule has 1 N–H and O–H groups in total. The summed E-state index contributed by atoms with van der Waals surface area (Å²) in [6, 6.07) is 7.08.